The molecule has 0 aliphatic carbocycles. The third kappa shape index (κ3) is 3.27. The maximum Gasteiger partial charge on any atom is 0.275 e. The van der Waals surface area contributed by atoms with Crippen LogP contribution in [0.2, 0.25) is 0 Å². The minimum Gasteiger partial charge on any atom is -0.507 e. The van der Waals surface area contributed by atoms with E-state index in [1.54, 1.807) is 18.2 Å². The lowest BCUT2D eigenvalue weighted by Crippen LogP contribution is -2.17. The number of halogens is 1. The molecule has 5 nitrogen and oxygen atoms in total. The van der Waals surface area contributed by atoms with Crippen LogP contribution in [0.3, 0.4) is 0 Å². The van der Waals surface area contributed by atoms with E-state index in [1.165, 1.54) is 6.21 Å². The largest absolute Gasteiger partial charge is 0.507 e. The second-order valence-corrected chi connectivity index (χ2v) is 5.82. The van der Waals surface area contributed by atoms with Crippen molar-refractivity contribution < 1.29 is 14.3 Å². The van der Waals surface area contributed by atoms with Gasteiger partial charge in [0.15, 0.2) is 0 Å². The molecule has 1 aromatic heterocycles. The number of carbonyl (C=O) groups is 1. The average Bonchev–Trinajstić information content (AvgIpc) is 2.84. The van der Waals surface area contributed by atoms with Crippen molar-refractivity contribution in [1.29, 1.82) is 0 Å². The van der Waals surface area contributed by atoms with Gasteiger partial charge in [-0.1, -0.05) is 24.3 Å². The molecule has 0 aliphatic rings. The van der Waals surface area contributed by atoms with Crippen LogP contribution >= 0.6 is 15.9 Å². The van der Waals surface area contributed by atoms with E-state index in [1.807, 2.05) is 31.2 Å². The summed E-state index contributed by atoms with van der Waals surface area (Å²) in [7, 11) is 0. The number of nitrogens with zero attached hydrogens (tertiary/aromatic N) is 1. The summed E-state index contributed by atoms with van der Waals surface area (Å²) in [6, 6.07) is 12.4. The Bertz CT molecular complexity index is 896. The van der Waals surface area contributed by atoms with Crippen LogP contribution in [0.25, 0.3) is 10.8 Å². The molecular formula is C17H13BrN2O3. The Morgan fingerprint density at radius 2 is 1.96 bits per heavy atom. The standard InChI is InChI=1S/C17H13BrN2O3/c1-10-15(18)8-13(23-10)9-19-20-17(22)14-6-11-4-2-3-5-12(11)7-16(14)21/h2-9,21H,1H3,(H,20,22). The van der Waals surface area contributed by atoms with Crippen LogP contribution in [0.1, 0.15) is 21.9 Å². The van der Waals surface area contributed by atoms with Crippen LogP contribution < -0.4 is 5.43 Å². The molecule has 0 bridgehead atoms. The molecule has 0 aliphatic heterocycles. The Balaban J connectivity index is 1.79. The van der Waals surface area contributed by atoms with Crippen LogP contribution in [0.15, 0.2) is 56.5 Å². The van der Waals surface area contributed by atoms with Crippen LogP contribution in [0.4, 0.5) is 0 Å². The maximum atomic E-state index is 12.1. The van der Waals surface area contributed by atoms with Gasteiger partial charge in [-0.15, -0.1) is 0 Å². The fraction of sp³-hybridized carbons (Fsp3) is 0.0588. The number of aryl methyl sites for hydroxylation is 1. The van der Waals surface area contributed by atoms with Crippen LogP contribution in [-0.2, 0) is 0 Å². The first-order valence-electron chi connectivity index (χ1n) is 6.85. The molecule has 2 aromatic carbocycles. The van der Waals surface area contributed by atoms with Gasteiger partial charge in [0.25, 0.3) is 5.91 Å². The molecule has 0 fully saturated rings. The van der Waals surface area contributed by atoms with E-state index in [4.69, 9.17) is 4.42 Å². The predicted octanol–water partition coefficient (Wildman–Crippen LogP) is 3.97. The maximum absolute atomic E-state index is 12.1. The van der Waals surface area contributed by atoms with Gasteiger partial charge in [0.2, 0.25) is 0 Å². The Morgan fingerprint density at radius 3 is 2.61 bits per heavy atom. The van der Waals surface area contributed by atoms with Gasteiger partial charge in [-0.25, -0.2) is 5.43 Å². The van der Waals surface area contributed by atoms with Crippen molar-refractivity contribution in [3.8, 4) is 5.75 Å². The van der Waals surface area contributed by atoms with E-state index in [0.717, 1.165) is 21.0 Å². The van der Waals surface area contributed by atoms with Gasteiger partial charge in [-0.2, -0.15) is 5.10 Å². The second kappa shape index (κ2) is 6.26. The first-order valence-corrected chi connectivity index (χ1v) is 7.65. The number of carbonyl (C=O) groups excluding carboxylic acids is 1. The van der Waals surface area contributed by atoms with Crippen molar-refractivity contribution in [3.05, 3.63) is 64.0 Å². The van der Waals surface area contributed by atoms with Crippen molar-refractivity contribution in [2.75, 3.05) is 0 Å². The van der Waals surface area contributed by atoms with Crippen LogP contribution in [0.5, 0.6) is 5.75 Å². The van der Waals surface area contributed by atoms with Gasteiger partial charge in [-0.3, -0.25) is 4.79 Å². The van der Waals surface area contributed by atoms with E-state index in [0.29, 0.717) is 5.76 Å². The molecule has 0 saturated carbocycles. The van der Waals surface area contributed by atoms with Crippen LogP contribution in [-0.4, -0.2) is 17.2 Å². The summed E-state index contributed by atoms with van der Waals surface area (Å²) in [6.07, 6.45) is 1.40. The average molecular weight is 373 g/mol. The fourth-order valence-corrected chi connectivity index (χ4v) is 2.48. The summed E-state index contributed by atoms with van der Waals surface area (Å²) in [4.78, 5) is 12.1. The minimum atomic E-state index is -0.494. The molecule has 116 valence electrons. The number of aromatic hydroxyl groups is 1. The van der Waals surface area contributed by atoms with Crippen molar-refractivity contribution in [3.63, 3.8) is 0 Å². The smallest absolute Gasteiger partial charge is 0.275 e. The number of benzene rings is 2. The Kier molecular flexibility index (Phi) is 4.16. The second-order valence-electron chi connectivity index (χ2n) is 4.97. The van der Waals surface area contributed by atoms with E-state index >= 15 is 0 Å². The number of fused-ring (bicyclic) bond motifs is 1. The number of hydrogen-bond acceptors (Lipinski definition) is 4. The number of hydrogen-bond donors (Lipinski definition) is 2. The molecule has 23 heavy (non-hydrogen) atoms. The van der Waals surface area contributed by atoms with Gasteiger partial charge < -0.3 is 9.52 Å². The van der Waals surface area contributed by atoms with Gasteiger partial charge in [0.05, 0.1) is 16.3 Å². The third-order valence-electron chi connectivity index (χ3n) is 3.34. The summed E-state index contributed by atoms with van der Waals surface area (Å²) in [5.41, 5.74) is 2.54. The highest BCUT2D eigenvalue weighted by molar-refractivity contribution is 9.10. The van der Waals surface area contributed by atoms with E-state index < -0.39 is 5.91 Å². The third-order valence-corrected chi connectivity index (χ3v) is 4.13. The Morgan fingerprint density at radius 1 is 1.26 bits per heavy atom. The first kappa shape index (κ1) is 15.3. The van der Waals surface area contributed by atoms with Gasteiger partial charge in [0.1, 0.15) is 17.3 Å². The van der Waals surface area contributed by atoms with E-state index in [-0.39, 0.29) is 11.3 Å². The molecule has 1 amide bonds. The molecule has 1 heterocycles. The highest BCUT2D eigenvalue weighted by atomic mass is 79.9. The molecule has 0 spiro atoms. The number of nitrogens with one attached hydrogen (secondary N) is 1. The highest BCUT2D eigenvalue weighted by Gasteiger charge is 2.11. The molecule has 6 heteroatoms. The quantitative estimate of drug-likeness (QED) is 0.539. The minimum absolute atomic E-state index is 0.0898. The number of phenolic OH excluding ortho intramolecular Hbond substituents is 1. The molecule has 0 atom stereocenters. The first-order chi connectivity index (χ1) is 11.0. The zero-order chi connectivity index (χ0) is 16.4. The lowest BCUT2D eigenvalue weighted by Gasteiger charge is -2.05. The summed E-state index contributed by atoms with van der Waals surface area (Å²) < 4.78 is 6.22. The number of rotatable bonds is 3. The van der Waals surface area contributed by atoms with E-state index in [2.05, 4.69) is 26.5 Å². The summed E-state index contributed by atoms with van der Waals surface area (Å²) in [5.74, 6) is 0.655. The summed E-state index contributed by atoms with van der Waals surface area (Å²) >= 11 is 3.33. The zero-order valence-corrected chi connectivity index (χ0v) is 13.8. The molecule has 0 unspecified atom stereocenters. The fourth-order valence-electron chi connectivity index (χ4n) is 2.17. The van der Waals surface area contributed by atoms with Crippen molar-refractivity contribution in [2.24, 2.45) is 5.10 Å². The summed E-state index contributed by atoms with van der Waals surface area (Å²) in [5, 5.41) is 15.6. The predicted molar refractivity (Wildman–Crippen MR) is 91.8 cm³/mol. The zero-order valence-electron chi connectivity index (χ0n) is 12.2. The van der Waals surface area contributed by atoms with Crippen molar-refractivity contribution >= 4 is 38.8 Å². The normalized spacial score (nSPS) is 11.2. The van der Waals surface area contributed by atoms with Crippen molar-refractivity contribution in [2.45, 2.75) is 6.92 Å². The van der Waals surface area contributed by atoms with Gasteiger partial charge in [0, 0.05) is 6.07 Å². The highest BCUT2D eigenvalue weighted by Crippen LogP contribution is 2.25. The summed E-state index contributed by atoms with van der Waals surface area (Å²) in [6.45, 7) is 1.81. The monoisotopic (exact) mass is 372 g/mol. The molecule has 0 radical (unpaired) electrons. The van der Waals surface area contributed by atoms with Gasteiger partial charge in [-0.05, 0) is 45.8 Å². The number of hydrazone groups is 1. The van der Waals surface area contributed by atoms with E-state index in [9.17, 15) is 9.90 Å². The molecule has 0 saturated heterocycles. The number of phenols is 1. The topological polar surface area (TPSA) is 74.8 Å². The Labute approximate surface area is 140 Å². The van der Waals surface area contributed by atoms with Crippen LogP contribution in [0, 0.1) is 6.92 Å². The number of amides is 1. The molecular weight excluding hydrogens is 360 g/mol. The van der Waals surface area contributed by atoms with Gasteiger partial charge >= 0.3 is 0 Å². The Hall–Kier alpha value is -2.60. The lowest BCUT2D eigenvalue weighted by atomic mass is 10.1. The number of furan rings is 1. The SMILES string of the molecule is Cc1oc(C=NNC(=O)c2cc3ccccc3cc2O)cc1Br. The van der Waals surface area contributed by atoms with Crippen molar-refractivity contribution in [1.82, 2.24) is 5.43 Å². The molecule has 2 N–H and O–H groups in total. The molecule has 3 aromatic rings. The molecule has 3 rings (SSSR count). The lowest BCUT2D eigenvalue weighted by molar-refractivity contribution is 0.0952.